The number of carbonyl (C=O) groups excluding carboxylic acids is 1. The Morgan fingerprint density at radius 2 is 1.95 bits per heavy atom. The van der Waals surface area contributed by atoms with E-state index in [2.05, 4.69) is 0 Å². The van der Waals surface area contributed by atoms with Gasteiger partial charge < -0.3 is 10.6 Å². The first-order chi connectivity index (χ1) is 9.97. The van der Waals surface area contributed by atoms with Gasteiger partial charge in [-0.05, 0) is 18.2 Å². The van der Waals surface area contributed by atoms with Crippen molar-refractivity contribution in [1.29, 1.82) is 0 Å². The molecule has 1 aliphatic rings. The van der Waals surface area contributed by atoms with E-state index in [1.807, 2.05) is 0 Å². The molecule has 1 aromatic carbocycles. The van der Waals surface area contributed by atoms with E-state index in [9.17, 15) is 30.1 Å². The van der Waals surface area contributed by atoms with Crippen LogP contribution in [-0.2, 0) is 25.1 Å². The van der Waals surface area contributed by atoms with Crippen LogP contribution >= 0.6 is 0 Å². The Balaban J connectivity index is 2.41. The molecule has 1 heterocycles. The number of anilines is 2. The third-order valence-electron chi connectivity index (χ3n) is 3.19. The summed E-state index contributed by atoms with van der Waals surface area (Å²) in [4.78, 5) is 12.4. The van der Waals surface area contributed by atoms with Gasteiger partial charge >= 0.3 is 10.2 Å². The fourth-order valence-electron chi connectivity index (χ4n) is 2.37. The molecule has 1 fully saturated rings. The minimum atomic E-state index is -4.75. The molecule has 0 aliphatic carbocycles. The number of nitrogens with zero attached hydrogens (tertiary/aromatic N) is 1. The van der Waals surface area contributed by atoms with Crippen molar-refractivity contribution in [2.45, 2.75) is 11.3 Å². The summed E-state index contributed by atoms with van der Waals surface area (Å²) in [6, 6.07) is 3.44. The van der Waals surface area contributed by atoms with Crippen molar-refractivity contribution < 1.29 is 30.1 Å². The van der Waals surface area contributed by atoms with Gasteiger partial charge in [-0.25, -0.2) is 0 Å². The van der Waals surface area contributed by atoms with Crippen LogP contribution in [0.1, 0.15) is 6.42 Å². The molecule has 11 heteroatoms. The van der Waals surface area contributed by atoms with Gasteiger partial charge in [0.2, 0.25) is 5.91 Å². The van der Waals surface area contributed by atoms with Gasteiger partial charge in [0.1, 0.15) is 4.90 Å². The minimum Gasteiger partial charge on any atom is -0.399 e. The van der Waals surface area contributed by atoms with E-state index in [0.29, 0.717) is 0 Å². The van der Waals surface area contributed by atoms with Crippen LogP contribution in [0.3, 0.4) is 0 Å². The Kier molecular flexibility index (Phi) is 4.15. The second-order valence-electron chi connectivity index (χ2n) is 4.98. The number of benzene rings is 1. The Bertz CT molecular complexity index is 821. The zero-order valence-electron chi connectivity index (χ0n) is 11.1. The summed E-state index contributed by atoms with van der Waals surface area (Å²) in [5, 5.41) is 0. The predicted molar refractivity (Wildman–Crippen MR) is 76.0 cm³/mol. The fraction of sp³-hybridized carbons (Fsp3) is 0.364. The van der Waals surface area contributed by atoms with E-state index in [0.717, 1.165) is 11.0 Å². The Hall–Kier alpha value is -1.72. The third kappa shape index (κ3) is 3.72. The molecule has 1 amide bonds. The Morgan fingerprint density at radius 3 is 2.50 bits per heavy atom. The summed E-state index contributed by atoms with van der Waals surface area (Å²) in [7, 11) is -9.36. The topological polar surface area (TPSA) is 135 Å². The van der Waals surface area contributed by atoms with Crippen LogP contribution in [0.25, 0.3) is 0 Å². The summed E-state index contributed by atoms with van der Waals surface area (Å²) >= 11 is 0. The second kappa shape index (κ2) is 5.48. The van der Waals surface area contributed by atoms with Crippen molar-refractivity contribution in [3.63, 3.8) is 0 Å². The zero-order chi connectivity index (χ0) is 16.7. The highest BCUT2D eigenvalue weighted by Crippen LogP contribution is 2.33. The summed E-state index contributed by atoms with van der Waals surface area (Å²) in [6.07, 6.45) is -0.247. The highest BCUT2D eigenvalue weighted by molar-refractivity contribution is 7.86. The van der Waals surface area contributed by atoms with E-state index in [1.54, 1.807) is 0 Å². The number of nitrogen functional groups attached to an aromatic ring is 1. The molecule has 3 N–H and O–H groups in total. The lowest BCUT2D eigenvalue weighted by atomic mass is 10.1. The first-order valence-corrected chi connectivity index (χ1v) is 9.06. The summed E-state index contributed by atoms with van der Waals surface area (Å²) in [5.41, 5.74) is 5.54. The molecule has 22 heavy (non-hydrogen) atoms. The van der Waals surface area contributed by atoms with Crippen LogP contribution in [0.15, 0.2) is 23.1 Å². The average Bonchev–Trinajstić information content (AvgIpc) is 2.65. The van der Waals surface area contributed by atoms with E-state index < -0.39 is 42.8 Å². The van der Waals surface area contributed by atoms with Crippen LogP contribution < -0.4 is 10.6 Å². The maximum Gasteiger partial charge on any atom is 0.302 e. The molecule has 0 radical (unpaired) electrons. The number of carbonyl (C=O) groups is 1. The predicted octanol–water partition coefficient (Wildman–Crippen LogP) is 0.168. The van der Waals surface area contributed by atoms with Crippen molar-refractivity contribution in [3.05, 3.63) is 18.2 Å². The molecular formula is C11H13FN2O6S2. The van der Waals surface area contributed by atoms with E-state index >= 15 is 0 Å². The van der Waals surface area contributed by atoms with Crippen molar-refractivity contribution in [3.8, 4) is 0 Å². The van der Waals surface area contributed by atoms with Gasteiger partial charge in [-0.15, -0.1) is 3.89 Å². The molecule has 0 aromatic heterocycles. The summed E-state index contributed by atoms with van der Waals surface area (Å²) in [6.45, 7) is -0.187. The number of amides is 1. The molecule has 8 nitrogen and oxygen atoms in total. The molecule has 1 saturated heterocycles. The molecule has 1 atom stereocenters. The van der Waals surface area contributed by atoms with Gasteiger partial charge in [0.15, 0.2) is 0 Å². The molecular weight excluding hydrogens is 339 g/mol. The molecule has 1 aromatic rings. The number of hydrogen-bond acceptors (Lipinski definition) is 6. The van der Waals surface area contributed by atoms with Crippen LogP contribution in [-0.4, -0.2) is 39.6 Å². The lowest BCUT2D eigenvalue weighted by Gasteiger charge is -2.19. The fourth-order valence-corrected chi connectivity index (χ4v) is 3.83. The molecule has 1 aliphatic heterocycles. The van der Waals surface area contributed by atoms with Crippen molar-refractivity contribution >= 4 is 37.6 Å². The number of halogens is 1. The van der Waals surface area contributed by atoms with Gasteiger partial charge in [0.25, 0.3) is 10.1 Å². The molecule has 0 bridgehead atoms. The van der Waals surface area contributed by atoms with Gasteiger partial charge in [-0.3, -0.25) is 9.35 Å². The Labute approximate surface area is 126 Å². The summed E-state index contributed by atoms with van der Waals surface area (Å²) < 4.78 is 66.0. The maximum absolute atomic E-state index is 12.7. The van der Waals surface area contributed by atoms with Crippen molar-refractivity contribution in [2.75, 3.05) is 22.9 Å². The van der Waals surface area contributed by atoms with Crippen molar-refractivity contribution in [1.82, 2.24) is 0 Å². The first kappa shape index (κ1) is 16.6. The smallest absolute Gasteiger partial charge is 0.302 e. The highest BCUT2D eigenvalue weighted by atomic mass is 32.3. The lowest BCUT2D eigenvalue weighted by Crippen LogP contribution is -2.27. The quantitative estimate of drug-likeness (QED) is 0.448. The zero-order valence-corrected chi connectivity index (χ0v) is 12.8. The highest BCUT2D eigenvalue weighted by Gasteiger charge is 2.36. The standard InChI is InChI=1S/C11H13FN2O6S2/c12-21(16,17)6-7-3-11(15)14(5-7)9-4-8(13)1-2-10(9)22(18,19)20/h1-2,4,7H,3,5-6,13H2,(H,18,19,20). The Morgan fingerprint density at radius 1 is 1.32 bits per heavy atom. The van der Waals surface area contributed by atoms with Crippen LogP contribution in [0, 0.1) is 5.92 Å². The van der Waals surface area contributed by atoms with Gasteiger partial charge in [-0.2, -0.15) is 16.8 Å². The number of nitrogens with two attached hydrogens (primary N) is 1. The van der Waals surface area contributed by atoms with Crippen molar-refractivity contribution in [2.24, 2.45) is 5.92 Å². The van der Waals surface area contributed by atoms with E-state index in [1.165, 1.54) is 12.1 Å². The molecule has 122 valence electrons. The van der Waals surface area contributed by atoms with Gasteiger partial charge in [-0.1, -0.05) is 0 Å². The van der Waals surface area contributed by atoms with E-state index in [-0.39, 0.29) is 24.3 Å². The van der Waals surface area contributed by atoms with Gasteiger partial charge in [0, 0.05) is 24.6 Å². The van der Waals surface area contributed by atoms with Crippen LogP contribution in [0.2, 0.25) is 0 Å². The van der Waals surface area contributed by atoms with Crippen LogP contribution in [0.5, 0.6) is 0 Å². The molecule has 1 unspecified atom stereocenters. The number of hydrogen-bond donors (Lipinski definition) is 2. The molecule has 2 rings (SSSR count). The summed E-state index contributed by atoms with van der Waals surface area (Å²) in [5.74, 6) is -2.22. The van der Waals surface area contributed by atoms with Crippen LogP contribution in [0.4, 0.5) is 15.3 Å². The SMILES string of the molecule is Nc1ccc(S(=O)(=O)O)c(N2CC(CS(=O)(=O)F)CC2=O)c1. The largest absolute Gasteiger partial charge is 0.399 e. The molecule has 0 spiro atoms. The average molecular weight is 352 g/mol. The number of rotatable bonds is 4. The normalized spacial score (nSPS) is 19.6. The lowest BCUT2D eigenvalue weighted by molar-refractivity contribution is -0.117. The maximum atomic E-state index is 12.7. The first-order valence-electron chi connectivity index (χ1n) is 6.07. The molecule has 0 saturated carbocycles. The minimum absolute atomic E-state index is 0.150. The second-order valence-corrected chi connectivity index (χ2v) is 7.78. The third-order valence-corrected chi connectivity index (χ3v) is 4.96. The van der Waals surface area contributed by atoms with Gasteiger partial charge in [0.05, 0.1) is 11.4 Å². The monoisotopic (exact) mass is 352 g/mol. The van der Waals surface area contributed by atoms with E-state index in [4.69, 9.17) is 5.73 Å².